The molecule has 0 spiro atoms. The summed E-state index contributed by atoms with van der Waals surface area (Å²) in [7, 11) is -3.23. The molecular formula is C19H33NO3S. The fraction of sp³-hybridized carbons (Fsp3) is 0.947. The number of hydrogen-bond acceptors (Lipinski definition) is 3. The van der Waals surface area contributed by atoms with E-state index in [1.54, 1.807) is 0 Å². The van der Waals surface area contributed by atoms with E-state index >= 15 is 0 Å². The molecule has 1 saturated heterocycles. The number of carbonyl (C=O) groups excluding carboxylic acids is 1. The van der Waals surface area contributed by atoms with Gasteiger partial charge in [0.15, 0.2) is 9.84 Å². The van der Waals surface area contributed by atoms with E-state index in [4.69, 9.17) is 0 Å². The van der Waals surface area contributed by atoms with Crippen LogP contribution in [-0.2, 0) is 14.6 Å². The lowest BCUT2D eigenvalue weighted by Gasteiger charge is -2.46. The number of hydrogen-bond donors (Lipinski definition) is 1. The van der Waals surface area contributed by atoms with Gasteiger partial charge in [0.2, 0.25) is 5.91 Å². The van der Waals surface area contributed by atoms with Gasteiger partial charge in [-0.3, -0.25) is 4.79 Å². The Hall–Kier alpha value is -0.580. The summed E-state index contributed by atoms with van der Waals surface area (Å²) in [6.07, 6.45) is 14.9. The third-order valence-corrected chi connectivity index (χ3v) is 8.98. The Bertz CT molecular complexity index is 531. The third kappa shape index (κ3) is 3.97. The molecule has 0 bridgehead atoms. The Morgan fingerprint density at radius 3 is 2.17 bits per heavy atom. The first-order chi connectivity index (χ1) is 11.5. The van der Waals surface area contributed by atoms with Gasteiger partial charge < -0.3 is 5.32 Å². The summed E-state index contributed by atoms with van der Waals surface area (Å²) in [5, 5.41) is 2.30. The molecule has 1 heterocycles. The van der Waals surface area contributed by atoms with Crippen LogP contribution in [0.25, 0.3) is 0 Å². The summed E-state index contributed by atoms with van der Waals surface area (Å²) >= 11 is 0. The van der Waals surface area contributed by atoms with Crippen molar-refractivity contribution in [1.29, 1.82) is 0 Å². The minimum absolute atomic E-state index is 0.179. The van der Waals surface area contributed by atoms with E-state index < -0.39 is 15.1 Å². The Balaban J connectivity index is 1.65. The van der Waals surface area contributed by atoms with E-state index in [-0.39, 0.29) is 17.1 Å². The summed E-state index contributed by atoms with van der Waals surface area (Å²) in [4.78, 5) is 12.6. The Morgan fingerprint density at radius 1 is 0.875 bits per heavy atom. The zero-order valence-corrected chi connectivity index (χ0v) is 15.7. The molecule has 3 fully saturated rings. The average Bonchev–Trinajstić information content (AvgIpc) is 2.61. The molecule has 0 unspecified atom stereocenters. The predicted molar refractivity (Wildman–Crippen MR) is 96.5 cm³/mol. The number of nitrogens with one attached hydrogen (secondary N) is 1. The number of amides is 1. The van der Waals surface area contributed by atoms with Crippen molar-refractivity contribution in [3.63, 3.8) is 0 Å². The van der Waals surface area contributed by atoms with Crippen LogP contribution < -0.4 is 5.32 Å². The SMILES string of the molecule is O=C(NCC1(C2CCCCC2)CCCCC1)[C@@H]1CCCCS1(=O)=O. The highest BCUT2D eigenvalue weighted by Gasteiger charge is 2.41. The van der Waals surface area contributed by atoms with Gasteiger partial charge in [-0.1, -0.05) is 44.9 Å². The zero-order valence-electron chi connectivity index (χ0n) is 14.9. The molecule has 2 aliphatic carbocycles. The van der Waals surface area contributed by atoms with Crippen LogP contribution in [0.15, 0.2) is 0 Å². The molecule has 3 aliphatic rings. The quantitative estimate of drug-likeness (QED) is 0.838. The van der Waals surface area contributed by atoms with Crippen molar-refractivity contribution < 1.29 is 13.2 Å². The van der Waals surface area contributed by atoms with Gasteiger partial charge in [0.25, 0.3) is 0 Å². The monoisotopic (exact) mass is 355 g/mol. The highest BCUT2D eigenvalue weighted by atomic mass is 32.2. The molecule has 1 atom stereocenters. The first kappa shape index (κ1) is 18.2. The molecule has 2 saturated carbocycles. The van der Waals surface area contributed by atoms with Gasteiger partial charge in [-0.05, 0) is 49.9 Å². The summed E-state index contributed by atoms with van der Waals surface area (Å²) in [6, 6.07) is 0. The number of carbonyl (C=O) groups is 1. The summed E-state index contributed by atoms with van der Waals surface area (Å²) < 4.78 is 24.4. The van der Waals surface area contributed by atoms with Crippen LogP contribution in [-0.4, -0.2) is 31.9 Å². The molecule has 3 rings (SSSR count). The standard InChI is InChI=1S/C19H33NO3S/c21-18(17-11-5-8-14-24(17,22)23)20-15-19(12-6-2-7-13-19)16-9-3-1-4-10-16/h16-17H,1-15H2,(H,20,21)/t17-/m0/s1. The first-order valence-corrected chi connectivity index (χ1v) is 11.7. The second kappa shape index (κ2) is 7.76. The van der Waals surface area contributed by atoms with Gasteiger partial charge in [0.05, 0.1) is 5.75 Å². The van der Waals surface area contributed by atoms with Crippen LogP contribution in [0.3, 0.4) is 0 Å². The number of sulfone groups is 1. The normalized spacial score (nSPS) is 30.6. The van der Waals surface area contributed by atoms with Gasteiger partial charge in [-0.15, -0.1) is 0 Å². The minimum Gasteiger partial charge on any atom is -0.354 e. The fourth-order valence-corrected chi connectivity index (χ4v) is 7.15. The van der Waals surface area contributed by atoms with E-state index in [9.17, 15) is 13.2 Å². The topological polar surface area (TPSA) is 63.2 Å². The second-order valence-electron chi connectivity index (χ2n) is 8.33. The largest absolute Gasteiger partial charge is 0.354 e. The molecule has 0 aromatic rings. The molecule has 1 amide bonds. The third-order valence-electron chi connectivity index (χ3n) is 6.81. The first-order valence-electron chi connectivity index (χ1n) is 10.0. The lowest BCUT2D eigenvalue weighted by molar-refractivity contribution is -0.122. The second-order valence-corrected chi connectivity index (χ2v) is 10.6. The zero-order chi connectivity index (χ0) is 17.0. The van der Waals surface area contributed by atoms with Crippen LogP contribution in [0.4, 0.5) is 0 Å². The van der Waals surface area contributed by atoms with Crippen LogP contribution in [0.2, 0.25) is 0 Å². The van der Waals surface area contributed by atoms with Gasteiger partial charge >= 0.3 is 0 Å². The molecule has 0 aromatic carbocycles. The molecule has 0 radical (unpaired) electrons. The lowest BCUT2D eigenvalue weighted by Crippen LogP contribution is -2.49. The minimum atomic E-state index is -3.23. The Kier molecular flexibility index (Phi) is 5.89. The number of rotatable bonds is 4. The van der Waals surface area contributed by atoms with E-state index in [1.807, 2.05) is 0 Å². The van der Waals surface area contributed by atoms with E-state index in [2.05, 4.69) is 5.32 Å². The van der Waals surface area contributed by atoms with Crippen molar-refractivity contribution in [1.82, 2.24) is 5.32 Å². The van der Waals surface area contributed by atoms with Crippen LogP contribution in [0, 0.1) is 11.3 Å². The lowest BCUT2D eigenvalue weighted by atomic mass is 9.61. The van der Waals surface area contributed by atoms with Crippen LogP contribution in [0.1, 0.15) is 83.5 Å². The average molecular weight is 356 g/mol. The molecule has 0 aromatic heterocycles. The van der Waals surface area contributed by atoms with E-state index in [0.29, 0.717) is 19.4 Å². The van der Waals surface area contributed by atoms with Crippen LogP contribution >= 0.6 is 0 Å². The maximum atomic E-state index is 12.6. The van der Waals surface area contributed by atoms with Gasteiger partial charge in [0, 0.05) is 6.54 Å². The van der Waals surface area contributed by atoms with Crippen molar-refractivity contribution in [3.05, 3.63) is 0 Å². The fourth-order valence-electron chi connectivity index (χ4n) is 5.33. The molecule has 4 nitrogen and oxygen atoms in total. The maximum absolute atomic E-state index is 12.6. The molecule has 1 aliphatic heterocycles. The van der Waals surface area contributed by atoms with E-state index in [0.717, 1.165) is 12.3 Å². The summed E-state index contributed by atoms with van der Waals surface area (Å²) in [5.74, 6) is 0.670. The summed E-state index contributed by atoms with van der Waals surface area (Å²) in [5.41, 5.74) is 0.229. The molecule has 5 heteroatoms. The van der Waals surface area contributed by atoms with Crippen molar-refractivity contribution in [2.24, 2.45) is 11.3 Å². The smallest absolute Gasteiger partial charge is 0.238 e. The maximum Gasteiger partial charge on any atom is 0.238 e. The van der Waals surface area contributed by atoms with Gasteiger partial charge in [-0.25, -0.2) is 8.42 Å². The molecule has 1 N–H and O–H groups in total. The Morgan fingerprint density at radius 2 is 1.50 bits per heavy atom. The predicted octanol–water partition coefficient (Wildman–Crippen LogP) is 3.60. The van der Waals surface area contributed by atoms with Crippen LogP contribution in [0.5, 0.6) is 0 Å². The molecule has 24 heavy (non-hydrogen) atoms. The van der Waals surface area contributed by atoms with Crippen molar-refractivity contribution in [3.8, 4) is 0 Å². The summed E-state index contributed by atoms with van der Waals surface area (Å²) in [6.45, 7) is 0.697. The molecular weight excluding hydrogens is 322 g/mol. The Labute approximate surface area is 147 Å². The van der Waals surface area contributed by atoms with Crippen molar-refractivity contribution in [2.45, 2.75) is 88.7 Å². The highest BCUT2D eigenvalue weighted by molar-refractivity contribution is 7.92. The van der Waals surface area contributed by atoms with E-state index in [1.165, 1.54) is 64.2 Å². The van der Waals surface area contributed by atoms with Crippen molar-refractivity contribution in [2.75, 3.05) is 12.3 Å². The highest BCUT2D eigenvalue weighted by Crippen LogP contribution is 2.47. The van der Waals surface area contributed by atoms with Crippen molar-refractivity contribution >= 4 is 15.7 Å². The van der Waals surface area contributed by atoms with Gasteiger partial charge in [0.1, 0.15) is 5.25 Å². The van der Waals surface area contributed by atoms with Gasteiger partial charge in [-0.2, -0.15) is 0 Å². The molecule has 138 valence electrons.